The van der Waals surface area contributed by atoms with E-state index in [1.54, 1.807) is 0 Å². The molecule has 0 aliphatic carbocycles. The fraction of sp³-hybridized carbons (Fsp3) is 0.462. The number of aryl methyl sites for hydroxylation is 1. The Hall–Kier alpha value is -1.55. The third-order valence-electron chi connectivity index (χ3n) is 2.20. The topological polar surface area (TPSA) is 47.6 Å². The van der Waals surface area contributed by atoms with Crippen LogP contribution in [0.5, 0.6) is 5.75 Å². The summed E-state index contributed by atoms with van der Waals surface area (Å²) in [6, 6.07) is 7.77. The quantitative estimate of drug-likeness (QED) is 0.816. The van der Waals surface area contributed by atoms with Crippen molar-refractivity contribution in [2.75, 3.05) is 20.3 Å². The lowest BCUT2D eigenvalue weighted by Gasteiger charge is -2.14. The number of benzene rings is 1. The van der Waals surface area contributed by atoms with Gasteiger partial charge in [0.2, 0.25) is 5.91 Å². The Balaban J connectivity index is 2.30. The standard InChI is InChI=1S/C13H19NO3/c1-10-4-6-12(7-5-10)17-8-11(2)14-13(15)9-16-3/h4-7,11H,8-9H2,1-3H3,(H,14,15)/t11-/m1/s1. The maximum atomic E-state index is 11.2. The minimum absolute atomic E-state index is 0.0426. The molecule has 0 aromatic heterocycles. The number of carbonyl (C=O) groups is 1. The third-order valence-corrected chi connectivity index (χ3v) is 2.20. The van der Waals surface area contributed by atoms with E-state index >= 15 is 0 Å². The molecule has 4 heteroatoms. The molecular weight excluding hydrogens is 218 g/mol. The molecule has 17 heavy (non-hydrogen) atoms. The van der Waals surface area contributed by atoms with Gasteiger partial charge in [-0.3, -0.25) is 4.79 Å². The van der Waals surface area contributed by atoms with E-state index in [0.29, 0.717) is 6.61 Å². The summed E-state index contributed by atoms with van der Waals surface area (Å²) < 4.78 is 10.3. The molecule has 4 nitrogen and oxygen atoms in total. The summed E-state index contributed by atoms with van der Waals surface area (Å²) in [5.74, 6) is 0.677. The number of hydrogen-bond acceptors (Lipinski definition) is 3. The Morgan fingerprint density at radius 3 is 2.59 bits per heavy atom. The van der Waals surface area contributed by atoms with Crippen LogP contribution in [0.2, 0.25) is 0 Å². The van der Waals surface area contributed by atoms with Gasteiger partial charge in [-0.2, -0.15) is 0 Å². The number of nitrogens with one attached hydrogen (secondary N) is 1. The van der Waals surface area contributed by atoms with Gasteiger partial charge in [-0.1, -0.05) is 17.7 Å². The average molecular weight is 237 g/mol. The second-order valence-electron chi connectivity index (χ2n) is 4.03. The molecule has 0 radical (unpaired) electrons. The molecule has 0 bridgehead atoms. The minimum Gasteiger partial charge on any atom is -0.491 e. The first-order chi connectivity index (χ1) is 8.11. The molecule has 1 aromatic carbocycles. The first-order valence-electron chi connectivity index (χ1n) is 5.59. The summed E-state index contributed by atoms with van der Waals surface area (Å²) in [6.07, 6.45) is 0. The molecule has 1 amide bonds. The van der Waals surface area contributed by atoms with Crippen LogP contribution in [-0.4, -0.2) is 32.3 Å². The fourth-order valence-electron chi connectivity index (χ4n) is 1.34. The number of methoxy groups -OCH3 is 1. The Labute approximate surface area is 102 Å². The molecule has 0 unspecified atom stereocenters. The van der Waals surface area contributed by atoms with Crippen LogP contribution in [0.3, 0.4) is 0 Å². The molecule has 94 valence electrons. The van der Waals surface area contributed by atoms with Crippen LogP contribution in [0, 0.1) is 6.92 Å². The summed E-state index contributed by atoms with van der Waals surface area (Å²) in [5, 5.41) is 2.77. The van der Waals surface area contributed by atoms with Gasteiger partial charge in [-0.05, 0) is 26.0 Å². The number of ether oxygens (including phenoxy) is 2. The van der Waals surface area contributed by atoms with Crippen molar-refractivity contribution in [3.8, 4) is 5.75 Å². The maximum Gasteiger partial charge on any atom is 0.246 e. The molecule has 0 fully saturated rings. The monoisotopic (exact) mass is 237 g/mol. The summed E-state index contributed by atoms with van der Waals surface area (Å²) >= 11 is 0. The van der Waals surface area contributed by atoms with Gasteiger partial charge in [0.05, 0.1) is 6.04 Å². The Morgan fingerprint density at radius 2 is 2.00 bits per heavy atom. The number of amides is 1. The van der Waals surface area contributed by atoms with E-state index in [1.807, 2.05) is 38.1 Å². The highest BCUT2D eigenvalue weighted by Crippen LogP contribution is 2.11. The summed E-state index contributed by atoms with van der Waals surface area (Å²) in [6.45, 7) is 4.44. The van der Waals surface area contributed by atoms with Crippen molar-refractivity contribution in [1.82, 2.24) is 5.32 Å². The maximum absolute atomic E-state index is 11.2. The second kappa shape index (κ2) is 6.91. The Bertz CT molecular complexity index is 348. The first-order valence-corrected chi connectivity index (χ1v) is 5.59. The lowest BCUT2D eigenvalue weighted by Crippen LogP contribution is -2.38. The van der Waals surface area contributed by atoms with Crippen LogP contribution in [-0.2, 0) is 9.53 Å². The zero-order valence-electron chi connectivity index (χ0n) is 10.5. The highest BCUT2D eigenvalue weighted by molar-refractivity contribution is 5.77. The van der Waals surface area contributed by atoms with Crippen molar-refractivity contribution in [1.29, 1.82) is 0 Å². The Kier molecular flexibility index (Phi) is 5.49. The Morgan fingerprint density at radius 1 is 1.35 bits per heavy atom. The minimum atomic E-state index is -0.132. The molecule has 0 saturated carbocycles. The number of hydrogen-bond donors (Lipinski definition) is 1. The highest BCUT2D eigenvalue weighted by atomic mass is 16.5. The van der Waals surface area contributed by atoms with Gasteiger partial charge in [0, 0.05) is 7.11 Å². The van der Waals surface area contributed by atoms with Gasteiger partial charge in [0.1, 0.15) is 19.0 Å². The van der Waals surface area contributed by atoms with Crippen LogP contribution in [0.15, 0.2) is 24.3 Å². The van der Waals surface area contributed by atoms with Gasteiger partial charge < -0.3 is 14.8 Å². The van der Waals surface area contributed by atoms with Crippen LogP contribution >= 0.6 is 0 Å². The molecule has 0 spiro atoms. The van der Waals surface area contributed by atoms with Crippen molar-refractivity contribution in [2.24, 2.45) is 0 Å². The molecule has 1 N–H and O–H groups in total. The second-order valence-corrected chi connectivity index (χ2v) is 4.03. The van der Waals surface area contributed by atoms with Crippen LogP contribution < -0.4 is 10.1 Å². The van der Waals surface area contributed by atoms with Gasteiger partial charge >= 0.3 is 0 Å². The molecule has 0 aliphatic heterocycles. The molecule has 0 heterocycles. The van der Waals surface area contributed by atoms with Crippen molar-refractivity contribution in [3.05, 3.63) is 29.8 Å². The zero-order valence-corrected chi connectivity index (χ0v) is 10.5. The van der Waals surface area contributed by atoms with E-state index in [1.165, 1.54) is 12.7 Å². The van der Waals surface area contributed by atoms with Gasteiger partial charge in [-0.15, -0.1) is 0 Å². The lowest BCUT2D eigenvalue weighted by atomic mass is 10.2. The van der Waals surface area contributed by atoms with Crippen LogP contribution in [0.25, 0.3) is 0 Å². The molecule has 0 aliphatic rings. The third kappa shape index (κ3) is 5.36. The number of rotatable bonds is 6. The van der Waals surface area contributed by atoms with Gasteiger partial charge in [0.15, 0.2) is 0 Å². The molecule has 0 saturated heterocycles. The molecular formula is C13H19NO3. The largest absolute Gasteiger partial charge is 0.491 e. The van der Waals surface area contributed by atoms with Gasteiger partial charge in [0.25, 0.3) is 0 Å². The molecule has 1 atom stereocenters. The zero-order chi connectivity index (χ0) is 12.7. The van der Waals surface area contributed by atoms with Crippen LogP contribution in [0.1, 0.15) is 12.5 Å². The van der Waals surface area contributed by atoms with E-state index in [9.17, 15) is 4.79 Å². The normalized spacial score (nSPS) is 11.9. The van der Waals surface area contributed by atoms with Crippen molar-refractivity contribution in [3.63, 3.8) is 0 Å². The predicted molar refractivity (Wildman–Crippen MR) is 66.2 cm³/mol. The molecule has 1 aromatic rings. The average Bonchev–Trinajstić information content (AvgIpc) is 2.28. The molecule has 1 rings (SSSR count). The summed E-state index contributed by atoms with van der Waals surface area (Å²) in [7, 11) is 1.49. The number of carbonyl (C=O) groups excluding carboxylic acids is 1. The van der Waals surface area contributed by atoms with E-state index < -0.39 is 0 Å². The lowest BCUT2D eigenvalue weighted by molar-refractivity contribution is -0.125. The van der Waals surface area contributed by atoms with Gasteiger partial charge in [-0.25, -0.2) is 0 Å². The highest BCUT2D eigenvalue weighted by Gasteiger charge is 2.07. The predicted octanol–water partition coefficient (Wildman–Crippen LogP) is 1.52. The smallest absolute Gasteiger partial charge is 0.246 e. The van der Waals surface area contributed by atoms with Crippen molar-refractivity contribution < 1.29 is 14.3 Å². The van der Waals surface area contributed by atoms with Crippen molar-refractivity contribution in [2.45, 2.75) is 19.9 Å². The summed E-state index contributed by atoms with van der Waals surface area (Å²) in [4.78, 5) is 11.2. The van der Waals surface area contributed by atoms with E-state index in [2.05, 4.69) is 5.32 Å². The van der Waals surface area contributed by atoms with E-state index in [-0.39, 0.29) is 18.6 Å². The van der Waals surface area contributed by atoms with Crippen molar-refractivity contribution >= 4 is 5.91 Å². The van der Waals surface area contributed by atoms with E-state index in [0.717, 1.165) is 5.75 Å². The SMILES string of the molecule is COCC(=O)N[C@H](C)COc1ccc(C)cc1. The van der Waals surface area contributed by atoms with E-state index in [4.69, 9.17) is 9.47 Å². The summed E-state index contributed by atoms with van der Waals surface area (Å²) in [5.41, 5.74) is 1.19. The van der Waals surface area contributed by atoms with Crippen LogP contribution in [0.4, 0.5) is 0 Å². The first kappa shape index (κ1) is 13.5. The fourth-order valence-corrected chi connectivity index (χ4v) is 1.34.